The number of amides is 2. The number of nitrogens with zero attached hydrogens (tertiary/aromatic N) is 2. The molecule has 9 heteroatoms. The lowest BCUT2D eigenvalue weighted by Crippen LogP contribution is -2.58. The van der Waals surface area contributed by atoms with Crippen molar-refractivity contribution in [2.75, 3.05) is 12.4 Å². The van der Waals surface area contributed by atoms with E-state index in [-0.39, 0.29) is 23.1 Å². The van der Waals surface area contributed by atoms with E-state index in [1.165, 1.54) is 37.1 Å². The van der Waals surface area contributed by atoms with Gasteiger partial charge in [0.1, 0.15) is 11.4 Å². The van der Waals surface area contributed by atoms with Gasteiger partial charge in [0.2, 0.25) is 5.91 Å². The average molecular weight is 461 g/mol. The highest BCUT2D eigenvalue weighted by molar-refractivity contribution is 6.30. The summed E-state index contributed by atoms with van der Waals surface area (Å²) in [6.07, 6.45) is 0. The molecular formula is C23H26ClFN4O3. The van der Waals surface area contributed by atoms with Crippen LogP contribution in [-0.4, -0.2) is 34.8 Å². The summed E-state index contributed by atoms with van der Waals surface area (Å²) in [6, 6.07) is 10.2. The molecule has 1 aliphatic heterocycles. The molecule has 170 valence electrons. The van der Waals surface area contributed by atoms with Crippen molar-refractivity contribution in [1.82, 2.24) is 4.90 Å². The van der Waals surface area contributed by atoms with Crippen molar-refractivity contribution in [1.29, 1.82) is 0 Å². The number of benzene rings is 2. The topological polar surface area (TPSA) is 108 Å². The van der Waals surface area contributed by atoms with Gasteiger partial charge >= 0.3 is 0 Å². The summed E-state index contributed by atoms with van der Waals surface area (Å²) in [7, 11) is 1.51. The Morgan fingerprint density at radius 2 is 1.81 bits per heavy atom. The molecule has 0 bridgehead atoms. The van der Waals surface area contributed by atoms with E-state index in [9.17, 15) is 19.1 Å². The first-order valence-corrected chi connectivity index (χ1v) is 10.3. The third-order valence-corrected chi connectivity index (χ3v) is 6.59. The maximum Gasteiger partial charge on any atom is 0.260 e. The number of aliphatic hydroxyl groups is 1. The molecular weight excluding hydrogens is 435 g/mol. The molecule has 0 aromatic heterocycles. The van der Waals surface area contributed by atoms with Gasteiger partial charge in [0.15, 0.2) is 11.6 Å². The largest absolute Gasteiger partial charge is 0.376 e. The Morgan fingerprint density at radius 3 is 2.41 bits per heavy atom. The van der Waals surface area contributed by atoms with E-state index in [0.717, 1.165) is 0 Å². The second kappa shape index (κ2) is 7.86. The van der Waals surface area contributed by atoms with Gasteiger partial charge in [0, 0.05) is 23.3 Å². The molecule has 1 aliphatic rings. The monoisotopic (exact) mass is 460 g/mol. The molecule has 2 aromatic rings. The summed E-state index contributed by atoms with van der Waals surface area (Å²) >= 11 is 5.88. The number of hydrogen-bond donors (Lipinski definition) is 3. The Balaban J connectivity index is 2.00. The molecule has 2 unspecified atom stereocenters. The van der Waals surface area contributed by atoms with Crippen molar-refractivity contribution in [2.24, 2.45) is 16.1 Å². The van der Waals surface area contributed by atoms with Gasteiger partial charge in [-0.25, -0.2) is 9.38 Å². The first-order chi connectivity index (χ1) is 14.7. The van der Waals surface area contributed by atoms with E-state index in [2.05, 4.69) is 10.3 Å². The first-order valence-electron chi connectivity index (χ1n) is 9.95. The molecule has 0 radical (unpaired) electrons. The number of guanidine groups is 1. The minimum Gasteiger partial charge on any atom is -0.376 e. The van der Waals surface area contributed by atoms with Crippen LogP contribution in [0.2, 0.25) is 5.02 Å². The second-order valence-corrected chi connectivity index (χ2v) is 9.20. The zero-order valence-corrected chi connectivity index (χ0v) is 19.3. The lowest BCUT2D eigenvalue weighted by atomic mass is 9.67. The number of carbonyl (C=O) groups is 2. The smallest absolute Gasteiger partial charge is 0.260 e. The number of anilines is 1. The molecule has 3 rings (SSSR count). The summed E-state index contributed by atoms with van der Waals surface area (Å²) in [5.41, 5.74) is 2.27. The number of carbonyl (C=O) groups excluding carboxylic acids is 2. The van der Waals surface area contributed by atoms with Crippen molar-refractivity contribution in [3.05, 3.63) is 64.4 Å². The Morgan fingerprint density at radius 1 is 1.22 bits per heavy atom. The normalized spacial score (nSPS) is 22.2. The fourth-order valence-corrected chi connectivity index (χ4v) is 3.83. The van der Waals surface area contributed by atoms with Crippen LogP contribution >= 0.6 is 11.6 Å². The van der Waals surface area contributed by atoms with Gasteiger partial charge in [-0.1, -0.05) is 23.7 Å². The fraction of sp³-hybridized carbons (Fsp3) is 0.348. The van der Waals surface area contributed by atoms with E-state index in [4.69, 9.17) is 17.3 Å². The molecule has 2 amide bonds. The summed E-state index contributed by atoms with van der Waals surface area (Å²) in [6.45, 7) is 6.30. The highest BCUT2D eigenvalue weighted by atomic mass is 35.5. The molecule has 0 saturated carbocycles. The zero-order chi connectivity index (χ0) is 24.1. The van der Waals surface area contributed by atoms with Crippen LogP contribution in [0.25, 0.3) is 0 Å². The molecule has 0 fully saturated rings. The van der Waals surface area contributed by atoms with Gasteiger partial charge in [-0.15, -0.1) is 0 Å². The molecule has 32 heavy (non-hydrogen) atoms. The van der Waals surface area contributed by atoms with Crippen LogP contribution in [-0.2, 0) is 20.7 Å². The molecule has 1 heterocycles. The predicted octanol–water partition coefficient (Wildman–Crippen LogP) is 3.35. The number of hydrogen-bond acceptors (Lipinski definition) is 5. The Kier molecular flexibility index (Phi) is 5.82. The molecule has 0 aliphatic carbocycles. The van der Waals surface area contributed by atoms with Crippen molar-refractivity contribution in [3.63, 3.8) is 0 Å². The van der Waals surface area contributed by atoms with Crippen molar-refractivity contribution in [3.8, 4) is 0 Å². The zero-order valence-electron chi connectivity index (χ0n) is 18.5. The maximum atomic E-state index is 15.0. The number of nitrogens with one attached hydrogen (secondary N) is 1. The summed E-state index contributed by atoms with van der Waals surface area (Å²) in [5.74, 6) is -1.66. The molecule has 2 aromatic carbocycles. The number of halogens is 2. The van der Waals surface area contributed by atoms with Gasteiger partial charge in [-0.3, -0.25) is 14.5 Å². The number of nitrogens with two attached hydrogens (primary N) is 1. The minimum absolute atomic E-state index is 0.0312. The van der Waals surface area contributed by atoms with Gasteiger partial charge < -0.3 is 16.2 Å². The first kappa shape index (κ1) is 23.7. The Hall–Kier alpha value is -2.97. The van der Waals surface area contributed by atoms with E-state index < -0.39 is 28.3 Å². The van der Waals surface area contributed by atoms with Crippen LogP contribution in [0.1, 0.15) is 38.8 Å². The van der Waals surface area contributed by atoms with Crippen LogP contribution < -0.4 is 11.1 Å². The summed E-state index contributed by atoms with van der Waals surface area (Å²) in [5, 5.41) is 13.9. The standard InChI is InChI=1S/C23H26ClFN4O3/c1-21(2)19(31)29(5)20(26)28-23(21,4)16-12-15(10-11-17(16)25)27-18(30)22(3,32)13-6-8-14(24)9-7-13/h6-12,32H,1-5H3,(H2,26,28)(H,27,30). The van der Waals surface area contributed by atoms with Crippen molar-refractivity contribution in [2.45, 2.75) is 38.8 Å². The molecule has 0 saturated heterocycles. The fourth-order valence-electron chi connectivity index (χ4n) is 3.71. The summed E-state index contributed by atoms with van der Waals surface area (Å²) < 4.78 is 15.0. The quantitative estimate of drug-likeness (QED) is 0.650. The van der Waals surface area contributed by atoms with Gasteiger partial charge in [0.25, 0.3) is 5.91 Å². The van der Waals surface area contributed by atoms with Gasteiger partial charge in [0.05, 0.1) is 5.41 Å². The SMILES string of the molecule is CN1C(=O)C(C)(C)C(C)(c2cc(NC(=O)C(C)(O)c3ccc(Cl)cc3)ccc2F)N=C1N. The van der Waals surface area contributed by atoms with Crippen molar-refractivity contribution < 1.29 is 19.1 Å². The van der Waals surface area contributed by atoms with Crippen LogP contribution in [0.3, 0.4) is 0 Å². The van der Waals surface area contributed by atoms with E-state index in [0.29, 0.717) is 10.6 Å². The van der Waals surface area contributed by atoms with E-state index in [1.54, 1.807) is 45.0 Å². The molecule has 7 nitrogen and oxygen atoms in total. The third-order valence-electron chi connectivity index (χ3n) is 6.34. The highest BCUT2D eigenvalue weighted by Gasteiger charge is 2.53. The van der Waals surface area contributed by atoms with Crippen LogP contribution in [0.5, 0.6) is 0 Å². The van der Waals surface area contributed by atoms with Gasteiger partial charge in [-0.05, 0) is 63.6 Å². The van der Waals surface area contributed by atoms with Crippen LogP contribution in [0.15, 0.2) is 47.5 Å². The van der Waals surface area contributed by atoms with E-state index in [1.807, 2.05) is 0 Å². The summed E-state index contributed by atoms with van der Waals surface area (Å²) in [4.78, 5) is 31.4. The highest BCUT2D eigenvalue weighted by Crippen LogP contribution is 2.47. The average Bonchev–Trinajstić information content (AvgIpc) is 2.72. The van der Waals surface area contributed by atoms with Crippen LogP contribution in [0, 0.1) is 11.2 Å². The molecule has 2 atom stereocenters. The minimum atomic E-state index is -1.87. The lowest BCUT2D eigenvalue weighted by molar-refractivity contribution is -0.140. The Bertz CT molecular complexity index is 1110. The molecule has 0 spiro atoms. The lowest BCUT2D eigenvalue weighted by Gasteiger charge is -2.46. The third kappa shape index (κ3) is 3.73. The number of aliphatic imine (C=N–C) groups is 1. The Labute approximate surface area is 191 Å². The van der Waals surface area contributed by atoms with Gasteiger partial charge in [-0.2, -0.15) is 0 Å². The second-order valence-electron chi connectivity index (χ2n) is 8.76. The van der Waals surface area contributed by atoms with Crippen molar-refractivity contribution >= 4 is 35.1 Å². The maximum absolute atomic E-state index is 15.0. The predicted molar refractivity (Wildman–Crippen MR) is 122 cm³/mol. The van der Waals surface area contributed by atoms with E-state index >= 15 is 0 Å². The molecule has 4 N–H and O–H groups in total. The number of rotatable bonds is 4. The van der Waals surface area contributed by atoms with Crippen LogP contribution in [0.4, 0.5) is 10.1 Å².